The molecule has 0 unspecified atom stereocenters. The molecule has 0 spiro atoms. The number of nitrogen functional groups attached to an aromatic ring is 1. The third-order valence-corrected chi connectivity index (χ3v) is 2.65. The summed E-state index contributed by atoms with van der Waals surface area (Å²) in [5, 5.41) is 4.30. The van der Waals surface area contributed by atoms with Gasteiger partial charge in [-0.3, -0.25) is 0 Å². The maximum atomic E-state index is 5.81. The van der Waals surface area contributed by atoms with Gasteiger partial charge in [0.1, 0.15) is 5.82 Å². The molecule has 0 atom stereocenters. The van der Waals surface area contributed by atoms with Crippen LogP contribution in [0.15, 0.2) is 30.3 Å². The third-order valence-electron chi connectivity index (χ3n) is 1.93. The van der Waals surface area contributed by atoms with Crippen LogP contribution in [0, 0.1) is 10.5 Å². The Morgan fingerprint density at radius 2 is 1.93 bits per heavy atom. The maximum absolute atomic E-state index is 5.81. The van der Waals surface area contributed by atoms with E-state index in [1.54, 1.807) is 4.68 Å². The summed E-state index contributed by atoms with van der Waals surface area (Å²) in [5.74, 6) is 0.670. The van der Waals surface area contributed by atoms with E-state index in [1.165, 1.54) is 3.57 Å². The second-order valence-corrected chi connectivity index (χ2v) is 4.34. The van der Waals surface area contributed by atoms with Gasteiger partial charge in [-0.05, 0) is 53.8 Å². The Morgan fingerprint density at radius 1 is 1.29 bits per heavy atom. The SMILES string of the molecule is Cc1cc(N)n(-c2ccc(I)cc2)n1. The minimum atomic E-state index is 0.670. The molecule has 0 radical (unpaired) electrons. The second-order valence-electron chi connectivity index (χ2n) is 3.10. The standard InChI is InChI=1S/C10H10IN3/c1-7-6-10(12)14(13-7)9-4-2-8(11)3-5-9/h2-6H,12H2,1H3. The lowest BCUT2D eigenvalue weighted by atomic mass is 10.3. The highest BCUT2D eigenvalue weighted by atomic mass is 127. The first-order valence-electron chi connectivity index (χ1n) is 4.25. The molecular formula is C10H10IN3. The Balaban J connectivity index is 2.49. The molecule has 0 aliphatic carbocycles. The van der Waals surface area contributed by atoms with Crippen molar-refractivity contribution in [1.29, 1.82) is 0 Å². The van der Waals surface area contributed by atoms with Gasteiger partial charge in [0.2, 0.25) is 0 Å². The molecule has 2 N–H and O–H groups in total. The van der Waals surface area contributed by atoms with Crippen LogP contribution in [0.1, 0.15) is 5.69 Å². The molecule has 0 aliphatic heterocycles. The van der Waals surface area contributed by atoms with Crippen LogP contribution in [0.2, 0.25) is 0 Å². The molecule has 0 bridgehead atoms. The molecule has 2 aromatic rings. The van der Waals surface area contributed by atoms with E-state index in [0.717, 1.165) is 11.4 Å². The number of hydrogen-bond acceptors (Lipinski definition) is 2. The van der Waals surface area contributed by atoms with Crippen molar-refractivity contribution >= 4 is 28.4 Å². The number of nitrogens with two attached hydrogens (primary N) is 1. The van der Waals surface area contributed by atoms with Crippen molar-refractivity contribution in [3.05, 3.63) is 39.6 Å². The molecule has 3 nitrogen and oxygen atoms in total. The summed E-state index contributed by atoms with van der Waals surface area (Å²) < 4.78 is 2.94. The van der Waals surface area contributed by atoms with Gasteiger partial charge in [-0.15, -0.1) is 0 Å². The number of aromatic nitrogens is 2. The molecule has 14 heavy (non-hydrogen) atoms. The number of hydrogen-bond donors (Lipinski definition) is 1. The average molecular weight is 299 g/mol. The summed E-state index contributed by atoms with van der Waals surface area (Å²) in [4.78, 5) is 0. The first-order valence-corrected chi connectivity index (χ1v) is 5.33. The van der Waals surface area contributed by atoms with Gasteiger partial charge >= 0.3 is 0 Å². The first kappa shape index (κ1) is 9.51. The Kier molecular flexibility index (Phi) is 2.45. The van der Waals surface area contributed by atoms with Crippen molar-refractivity contribution in [3.8, 4) is 5.69 Å². The van der Waals surface area contributed by atoms with E-state index < -0.39 is 0 Å². The molecule has 0 aliphatic rings. The summed E-state index contributed by atoms with van der Waals surface area (Å²) in [6.45, 7) is 1.93. The predicted molar refractivity (Wildman–Crippen MR) is 65.4 cm³/mol. The molecule has 4 heteroatoms. The van der Waals surface area contributed by atoms with Crippen LogP contribution in [0.25, 0.3) is 5.69 Å². The number of aryl methyl sites for hydroxylation is 1. The van der Waals surface area contributed by atoms with Crippen LogP contribution in [0.5, 0.6) is 0 Å². The van der Waals surface area contributed by atoms with Crippen molar-refractivity contribution in [3.63, 3.8) is 0 Å². The Labute approximate surface area is 96.1 Å². The van der Waals surface area contributed by atoms with Crippen LogP contribution in [-0.4, -0.2) is 9.78 Å². The Bertz CT molecular complexity index is 445. The smallest absolute Gasteiger partial charge is 0.127 e. The molecule has 0 amide bonds. The van der Waals surface area contributed by atoms with Crippen molar-refractivity contribution in [2.75, 3.05) is 5.73 Å². The highest BCUT2D eigenvalue weighted by Gasteiger charge is 2.03. The maximum Gasteiger partial charge on any atom is 0.127 e. The monoisotopic (exact) mass is 299 g/mol. The molecule has 72 valence electrons. The lowest BCUT2D eigenvalue weighted by Crippen LogP contribution is -2.01. The highest BCUT2D eigenvalue weighted by molar-refractivity contribution is 14.1. The van der Waals surface area contributed by atoms with Crippen LogP contribution < -0.4 is 5.73 Å². The summed E-state index contributed by atoms with van der Waals surface area (Å²) >= 11 is 2.27. The topological polar surface area (TPSA) is 43.8 Å². The predicted octanol–water partition coefficient (Wildman–Crippen LogP) is 2.37. The number of nitrogens with zero attached hydrogens (tertiary/aromatic N) is 2. The Morgan fingerprint density at radius 3 is 2.43 bits per heavy atom. The summed E-state index contributed by atoms with van der Waals surface area (Å²) in [5.41, 5.74) is 7.74. The van der Waals surface area contributed by atoms with E-state index in [0.29, 0.717) is 5.82 Å². The van der Waals surface area contributed by atoms with E-state index in [2.05, 4.69) is 27.7 Å². The van der Waals surface area contributed by atoms with Crippen LogP contribution in [0.3, 0.4) is 0 Å². The Hall–Kier alpha value is -1.04. The minimum Gasteiger partial charge on any atom is -0.384 e. The first-order chi connectivity index (χ1) is 6.66. The second kappa shape index (κ2) is 3.61. The molecule has 0 saturated heterocycles. The zero-order chi connectivity index (χ0) is 10.1. The van der Waals surface area contributed by atoms with Crippen LogP contribution >= 0.6 is 22.6 Å². The van der Waals surface area contributed by atoms with E-state index in [4.69, 9.17) is 5.73 Å². The molecular weight excluding hydrogens is 289 g/mol. The lowest BCUT2D eigenvalue weighted by molar-refractivity contribution is 0.872. The van der Waals surface area contributed by atoms with Crippen molar-refractivity contribution < 1.29 is 0 Å². The van der Waals surface area contributed by atoms with Gasteiger partial charge < -0.3 is 5.73 Å². The van der Waals surface area contributed by atoms with E-state index in [9.17, 15) is 0 Å². The summed E-state index contributed by atoms with van der Waals surface area (Å²) in [6, 6.07) is 9.94. The molecule has 2 rings (SSSR count). The fourth-order valence-corrected chi connectivity index (χ4v) is 1.67. The summed E-state index contributed by atoms with van der Waals surface area (Å²) in [6.07, 6.45) is 0. The average Bonchev–Trinajstić information content (AvgIpc) is 2.47. The minimum absolute atomic E-state index is 0.670. The van der Waals surface area contributed by atoms with E-state index >= 15 is 0 Å². The number of benzene rings is 1. The van der Waals surface area contributed by atoms with Gasteiger partial charge in [0, 0.05) is 9.64 Å². The lowest BCUT2D eigenvalue weighted by Gasteiger charge is -2.03. The number of anilines is 1. The zero-order valence-corrected chi connectivity index (χ0v) is 9.89. The quantitative estimate of drug-likeness (QED) is 0.822. The van der Waals surface area contributed by atoms with E-state index in [-0.39, 0.29) is 0 Å². The molecule has 0 saturated carbocycles. The van der Waals surface area contributed by atoms with Gasteiger partial charge in [-0.25, -0.2) is 4.68 Å². The molecule has 1 aromatic heterocycles. The van der Waals surface area contributed by atoms with E-state index in [1.807, 2.05) is 37.3 Å². The zero-order valence-electron chi connectivity index (χ0n) is 7.74. The van der Waals surface area contributed by atoms with Gasteiger partial charge in [-0.1, -0.05) is 0 Å². The fraction of sp³-hybridized carbons (Fsp3) is 0.100. The molecule has 1 aromatic carbocycles. The number of rotatable bonds is 1. The highest BCUT2D eigenvalue weighted by Crippen LogP contribution is 2.15. The van der Waals surface area contributed by atoms with Crippen molar-refractivity contribution in [1.82, 2.24) is 9.78 Å². The molecule has 0 fully saturated rings. The normalized spacial score (nSPS) is 10.4. The third kappa shape index (κ3) is 1.75. The van der Waals surface area contributed by atoms with Crippen molar-refractivity contribution in [2.45, 2.75) is 6.92 Å². The number of halogens is 1. The fourth-order valence-electron chi connectivity index (χ4n) is 1.31. The van der Waals surface area contributed by atoms with Gasteiger partial charge in [0.05, 0.1) is 11.4 Å². The van der Waals surface area contributed by atoms with Crippen LogP contribution in [-0.2, 0) is 0 Å². The summed E-state index contributed by atoms with van der Waals surface area (Å²) in [7, 11) is 0. The van der Waals surface area contributed by atoms with Gasteiger partial charge in [0.25, 0.3) is 0 Å². The van der Waals surface area contributed by atoms with Crippen molar-refractivity contribution in [2.24, 2.45) is 0 Å². The van der Waals surface area contributed by atoms with Gasteiger partial charge in [-0.2, -0.15) is 5.10 Å². The van der Waals surface area contributed by atoms with Crippen LogP contribution in [0.4, 0.5) is 5.82 Å². The van der Waals surface area contributed by atoms with Gasteiger partial charge in [0.15, 0.2) is 0 Å². The largest absolute Gasteiger partial charge is 0.384 e. The molecule has 1 heterocycles.